The number of benzene rings is 1. The van der Waals surface area contributed by atoms with E-state index < -0.39 is 0 Å². The van der Waals surface area contributed by atoms with Crippen LogP contribution in [0.15, 0.2) is 29.1 Å². The molecule has 4 fully saturated rings. The maximum atomic E-state index is 12.9. The highest BCUT2D eigenvalue weighted by Crippen LogP contribution is 2.54. The molecular weight excluding hydrogens is 328 g/mol. The van der Waals surface area contributed by atoms with E-state index in [9.17, 15) is 9.59 Å². The fourth-order valence-electron chi connectivity index (χ4n) is 5.84. The summed E-state index contributed by atoms with van der Waals surface area (Å²) in [5.41, 5.74) is 1.45. The maximum Gasteiger partial charge on any atom is 0.337 e. The fraction of sp³-hybridized carbons (Fsp3) is 0.600. The van der Waals surface area contributed by atoms with Gasteiger partial charge in [0.25, 0.3) is 0 Å². The van der Waals surface area contributed by atoms with E-state index in [-0.39, 0.29) is 23.2 Å². The zero-order valence-electron chi connectivity index (χ0n) is 15.4. The molecule has 0 radical (unpaired) electrons. The summed E-state index contributed by atoms with van der Waals surface area (Å²) in [4.78, 5) is 28.4. The summed E-state index contributed by atoms with van der Waals surface area (Å²) in [6.07, 6.45) is 2.44. The Balaban J connectivity index is 1.43. The van der Waals surface area contributed by atoms with Crippen molar-refractivity contribution in [3.8, 4) is 0 Å². The van der Waals surface area contributed by atoms with Gasteiger partial charge in [-0.1, -0.05) is 12.1 Å². The maximum absolute atomic E-state index is 12.9. The third-order valence-electron chi connectivity index (χ3n) is 6.72. The van der Waals surface area contributed by atoms with Crippen molar-refractivity contribution in [1.29, 1.82) is 0 Å². The van der Waals surface area contributed by atoms with Crippen molar-refractivity contribution in [3.05, 3.63) is 34.7 Å². The number of imidazole rings is 1. The summed E-state index contributed by atoms with van der Waals surface area (Å²) >= 11 is 0. The van der Waals surface area contributed by atoms with Gasteiger partial charge in [-0.25, -0.2) is 14.2 Å². The Kier molecular flexibility index (Phi) is 3.38. The number of hydrogen-bond acceptors (Lipinski definition) is 3. The molecule has 0 spiro atoms. The van der Waals surface area contributed by atoms with Crippen LogP contribution in [0.2, 0.25) is 0 Å². The molecule has 3 saturated heterocycles. The lowest BCUT2D eigenvalue weighted by Gasteiger charge is -2.40. The Hall–Kier alpha value is -2.08. The van der Waals surface area contributed by atoms with E-state index >= 15 is 0 Å². The van der Waals surface area contributed by atoms with E-state index in [0.29, 0.717) is 12.1 Å². The number of aromatic nitrogens is 2. The number of nitrogens with zero attached hydrogens (tertiary/aromatic N) is 3. The lowest BCUT2D eigenvalue weighted by Crippen LogP contribution is -2.50. The Morgan fingerprint density at radius 1 is 1.19 bits per heavy atom. The number of amides is 1. The average molecular weight is 354 g/mol. The van der Waals surface area contributed by atoms with Gasteiger partial charge in [0.2, 0.25) is 0 Å². The minimum atomic E-state index is -0.294. The molecule has 6 rings (SSSR count). The summed E-state index contributed by atoms with van der Waals surface area (Å²) in [6, 6.07) is 7.25. The summed E-state index contributed by atoms with van der Waals surface area (Å²) < 4.78 is 3.00. The highest BCUT2D eigenvalue weighted by Gasteiger charge is 2.55. The van der Waals surface area contributed by atoms with Crippen LogP contribution in [0.3, 0.4) is 0 Å². The van der Waals surface area contributed by atoms with Gasteiger partial charge in [-0.15, -0.1) is 0 Å². The zero-order chi connectivity index (χ0) is 18.1. The second-order valence-corrected chi connectivity index (χ2v) is 8.85. The molecule has 4 heterocycles. The molecule has 6 heteroatoms. The second-order valence-electron chi connectivity index (χ2n) is 8.85. The fourth-order valence-corrected chi connectivity index (χ4v) is 5.84. The molecular formula is C20H26N4O2. The zero-order valence-corrected chi connectivity index (χ0v) is 15.4. The first-order valence-corrected chi connectivity index (χ1v) is 9.70. The van der Waals surface area contributed by atoms with Gasteiger partial charge in [0, 0.05) is 37.6 Å². The minimum Gasteiger partial charge on any atom is -0.337 e. The van der Waals surface area contributed by atoms with Crippen molar-refractivity contribution in [3.63, 3.8) is 0 Å². The van der Waals surface area contributed by atoms with Crippen LogP contribution in [-0.2, 0) is 0 Å². The number of piperidine rings is 2. The van der Waals surface area contributed by atoms with E-state index in [1.165, 1.54) is 30.5 Å². The van der Waals surface area contributed by atoms with Crippen molar-refractivity contribution in [1.82, 2.24) is 19.4 Å². The molecule has 1 saturated carbocycles. The van der Waals surface area contributed by atoms with Crippen molar-refractivity contribution in [2.75, 3.05) is 26.2 Å². The van der Waals surface area contributed by atoms with Gasteiger partial charge in [0.05, 0.1) is 11.0 Å². The molecule has 138 valence electrons. The Morgan fingerprint density at radius 2 is 1.85 bits per heavy atom. The normalized spacial score (nSPS) is 32.0. The first kappa shape index (κ1) is 16.1. The number of nitrogens with one attached hydrogen (secondary N) is 1. The Bertz CT molecular complexity index is 921. The van der Waals surface area contributed by atoms with Crippen molar-refractivity contribution in [2.45, 2.75) is 32.7 Å². The molecule has 1 aromatic carbocycles. The van der Waals surface area contributed by atoms with E-state index in [1.807, 2.05) is 38.1 Å². The van der Waals surface area contributed by atoms with E-state index in [4.69, 9.17) is 0 Å². The molecule has 4 aliphatic rings. The van der Waals surface area contributed by atoms with Gasteiger partial charge in [-0.05, 0) is 50.7 Å². The van der Waals surface area contributed by atoms with Crippen LogP contribution in [0, 0.1) is 17.3 Å². The summed E-state index contributed by atoms with van der Waals surface area (Å²) in [6.45, 7) is 8.17. The molecule has 1 aliphatic carbocycles. The van der Waals surface area contributed by atoms with Gasteiger partial charge in [0.15, 0.2) is 0 Å². The minimum absolute atomic E-state index is 0.00823. The van der Waals surface area contributed by atoms with Crippen LogP contribution in [-0.4, -0.2) is 46.2 Å². The van der Waals surface area contributed by atoms with Crippen LogP contribution in [0.25, 0.3) is 11.0 Å². The van der Waals surface area contributed by atoms with Crippen LogP contribution in [0.5, 0.6) is 0 Å². The number of para-hydroxylation sites is 2. The predicted molar refractivity (Wildman–Crippen MR) is 100 cm³/mol. The van der Waals surface area contributed by atoms with Gasteiger partial charge in [-0.3, -0.25) is 4.57 Å². The van der Waals surface area contributed by atoms with Crippen LogP contribution in [0.4, 0.5) is 4.79 Å². The lowest BCUT2D eigenvalue weighted by molar-refractivity contribution is 0.101. The number of carbonyl (C=O) groups excluding carboxylic acids is 1. The highest BCUT2D eigenvalue weighted by molar-refractivity contribution is 5.89. The monoisotopic (exact) mass is 354 g/mol. The first-order chi connectivity index (χ1) is 12.5. The molecule has 3 aliphatic heterocycles. The lowest BCUT2D eigenvalue weighted by atomic mass is 9.81. The average Bonchev–Trinajstić information content (AvgIpc) is 3.14. The molecule has 26 heavy (non-hydrogen) atoms. The largest absolute Gasteiger partial charge is 0.337 e. The third-order valence-corrected chi connectivity index (χ3v) is 6.72. The predicted octanol–water partition coefficient (Wildman–Crippen LogP) is 2.28. The molecule has 4 atom stereocenters. The molecule has 1 aromatic heterocycles. The summed E-state index contributed by atoms with van der Waals surface area (Å²) in [7, 11) is 0. The van der Waals surface area contributed by atoms with Crippen molar-refractivity contribution >= 4 is 17.1 Å². The van der Waals surface area contributed by atoms with Gasteiger partial charge < -0.3 is 10.2 Å². The second kappa shape index (κ2) is 5.46. The van der Waals surface area contributed by atoms with Crippen LogP contribution < -0.4 is 11.0 Å². The van der Waals surface area contributed by atoms with E-state index in [0.717, 1.165) is 23.9 Å². The van der Waals surface area contributed by atoms with Crippen molar-refractivity contribution < 1.29 is 4.79 Å². The Morgan fingerprint density at radius 3 is 2.46 bits per heavy atom. The smallest absolute Gasteiger partial charge is 0.337 e. The number of carbonyl (C=O) groups is 1. The van der Waals surface area contributed by atoms with E-state index in [2.05, 4.69) is 10.2 Å². The quantitative estimate of drug-likeness (QED) is 0.920. The van der Waals surface area contributed by atoms with Gasteiger partial charge in [0.1, 0.15) is 0 Å². The van der Waals surface area contributed by atoms with Gasteiger partial charge in [-0.2, -0.15) is 0 Å². The SMILES string of the molecule is CC(C)n1c(=O)n(C(=O)NC[C@@]23CC4CN(C[C@@H]4C2)C3)c2ccccc21. The molecule has 2 aromatic rings. The third kappa shape index (κ3) is 2.21. The standard InChI is InChI=1S/C20H26N4O2/c1-13(2)23-16-5-3-4-6-17(16)24(19(23)26)18(25)21-11-20-7-14-9-22(12-20)10-15(14)8-20/h3-6,13-15H,7-12H2,1-2H3,(H,21,25)/t14-,15?,20-/m0/s1. The number of hydrogen-bond donors (Lipinski definition) is 1. The summed E-state index contributed by atoms with van der Waals surface area (Å²) in [5.74, 6) is 1.62. The van der Waals surface area contributed by atoms with Crippen LogP contribution >= 0.6 is 0 Å². The molecule has 6 nitrogen and oxygen atoms in total. The number of rotatable bonds is 3. The molecule has 4 bridgehead atoms. The van der Waals surface area contributed by atoms with Crippen molar-refractivity contribution in [2.24, 2.45) is 17.3 Å². The van der Waals surface area contributed by atoms with E-state index in [1.54, 1.807) is 4.57 Å². The molecule has 1 amide bonds. The Labute approximate surface area is 152 Å². The summed E-state index contributed by atoms with van der Waals surface area (Å²) in [5, 5.41) is 3.10. The van der Waals surface area contributed by atoms with Crippen LogP contribution in [0.1, 0.15) is 32.7 Å². The first-order valence-electron chi connectivity index (χ1n) is 9.70. The molecule has 2 unspecified atom stereocenters. The topological polar surface area (TPSA) is 59.3 Å². The highest BCUT2D eigenvalue weighted by atomic mass is 16.2. The molecule has 1 N–H and O–H groups in total. The van der Waals surface area contributed by atoms with Gasteiger partial charge >= 0.3 is 11.7 Å². The number of fused-ring (bicyclic) bond motifs is 1.